The number of fused-ring (bicyclic) bond motifs is 1. The highest BCUT2D eigenvalue weighted by molar-refractivity contribution is 5.92. The summed E-state index contributed by atoms with van der Waals surface area (Å²) in [6, 6.07) is 7.00. The van der Waals surface area contributed by atoms with Crippen molar-refractivity contribution in [2.75, 3.05) is 6.61 Å². The Labute approximate surface area is 92.5 Å². The van der Waals surface area contributed by atoms with Crippen molar-refractivity contribution in [3.8, 4) is 0 Å². The molecule has 0 atom stereocenters. The summed E-state index contributed by atoms with van der Waals surface area (Å²) in [5.74, 6) is -0.532. The van der Waals surface area contributed by atoms with Crippen LogP contribution in [0.25, 0.3) is 0 Å². The Hall–Kier alpha value is -2.04. The number of amides is 1. The third-order valence-electron chi connectivity index (χ3n) is 2.22. The van der Waals surface area contributed by atoms with E-state index in [0.29, 0.717) is 5.56 Å². The van der Waals surface area contributed by atoms with E-state index in [1.807, 2.05) is 0 Å². The highest BCUT2D eigenvalue weighted by atomic mass is 16.8. The zero-order valence-electron chi connectivity index (χ0n) is 8.80. The van der Waals surface area contributed by atoms with Gasteiger partial charge in [0, 0.05) is 0 Å². The molecular weight excluding hydrogens is 210 g/mol. The van der Waals surface area contributed by atoms with Gasteiger partial charge < -0.3 is 9.57 Å². The fraction of sp³-hybridized carbons (Fsp3) is 0.273. The number of carbonyl (C=O) groups excluding carboxylic acids is 2. The van der Waals surface area contributed by atoms with Crippen LogP contribution < -0.4 is 0 Å². The van der Waals surface area contributed by atoms with Crippen LogP contribution in [0.4, 0.5) is 4.79 Å². The van der Waals surface area contributed by atoms with Gasteiger partial charge in [0.2, 0.25) is 0 Å². The molecule has 0 fully saturated rings. The Balaban J connectivity index is 2.21. The molecule has 16 heavy (non-hydrogen) atoms. The Morgan fingerprint density at radius 2 is 2.25 bits per heavy atom. The van der Waals surface area contributed by atoms with E-state index in [0.717, 1.165) is 10.6 Å². The van der Waals surface area contributed by atoms with E-state index in [9.17, 15) is 9.59 Å². The molecule has 0 saturated carbocycles. The van der Waals surface area contributed by atoms with Crippen LogP contribution in [0.15, 0.2) is 24.3 Å². The van der Waals surface area contributed by atoms with Crippen molar-refractivity contribution in [3.05, 3.63) is 35.4 Å². The highest BCUT2D eigenvalue weighted by Crippen LogP contribution is 2.19. The van der Waals surface area contributed by atoms with Crippen molar-refractivity contribution in [1.29, 1.82) is 0 Å². The van der Waals surface area contributed by atoms with Gasteiger partial charge in [-0.05, 0) is 18.6 Å². The van der Waals surface area contributed by atoms with E-state index < -0.39 is 12.1 Å². The average molecular weight is 221 g/mol. The molecule has 5 heteroatoms. The molecular formula is C11H11NO4. The fourth-order valence-electron chi connectivity index (χ4n) is 1.49. The second-order valence-corrected chi connectivity index (χ2v) is 3.27. The number of rotatable bonds is 1. The van der Waals surface area contributed by atoms with Crippen molar-refractivity contribution in [2.24, 2.45) is 0 Å². The van der Waals surface area contributed by atoms with Crippen molar-refractivity contribution >= 4 is 12.1 Å². The Morgan fingerprint density at radius 1 is 1.50 bits per heavy atom. The zero-order chi connectivity index (χ0) is 11.5. The number of hydroxylamine groups is 2. The summed E-state index contributed by atoms with van der Waals surface area (Å²) in [4.78, 5) is 27.8. The second kappa shape index (κ2) is 4.22. The fourth-order valence-corrected chi connectivity index (χ4v) is 1.49. The number of nitrogens with zero attached hydrogens (tertiary/aromatic N) is 1. The van der Waals surface area contributed by atoms with Gasteiger partial charge in [-0.1, -0.05) is 18.2 Å². The molecule has 0 spiro atoms. The maximum atomic E-state index is 11.5. The van der Waals surface area contributed by atoms with Crippen molar-refractivity contribution in [3.63, 3.8) is 0 Å². The van der Waals surface area contributed by atoms with Crippen molar-refractivity contribution in [1.82, 2.24) is 5.06 Å². The molecule has 0 bridgehead atoms. The molecule has 0 unspecified atom stereocenters. The molecule has 2 rings (SSSR count). The van der Waals surface area contributed by atoms with E-state index >= 15 is 0 Å². The van der Waals surface area contributed by atoms with Gasteiger partial charge in [0.15, 0.2) is 0 Å². The molecule has 0 radical (unpaired) electrons. The topological polar surface area (TPSA) is 55.8 Å². The molecule has 1 aromatic carbocycles. The normalized spacial score (nSPS) is 14.1. The first kappa shape index (κ1) is 10.5. The second-order valence-electron chi connectivity index (χ2n) is 3.27. The Kier molecular flexibility index (Phi) is 2.76. The summed E-state index contributed by atoms with van der Waals surface area (Å²) in [5.41, 5.74) is 1.25. The third-order valence-corrected chi connectivity index (χ3v) is 2.22. The van der Waals surface area contributed by atoms with Crippen molar-refractivity contribution < 1.29 is 19.2 Å². The number of carbonyl (C=O) groups is 2. The van der Waals surface area contributed by atoms with Gasteiger partial charge in [0.1, 0.15) is 0 Å². The monoisotopic (exact) mass is 221 g/mol. The van der Waals surface area contributed by atoms with Gasteiger partial charge in [0.05, 0.1) is 18.7 Å². The minimum absolute atomic E-state index is 0.223. The lowest BCUT2D eigenvalue weighted by atomic mass is 10.1. The molecule has 0 aliphatic carbocycles. The molecule has 1 aliphatic heterocycles. The van der Waals surface area contributed by atoms with E-state index in [2.05, 4.69) is 0 Å². The van der Waals surface area contributed by atoms with Crippen LogP contribution in [0.3, 0.4) is 0 Å². The van der Waals surface area contributed by atoms with Crippen LogP contribution in [0.5, 0.6) is 0 Å². The minimum Gasteiger partial charge on any atom is -0.448 e. The molecule has 1 aromatic rings. The molecule has 84 valence electrons. The number of ether oxygens (including phenoxy) is 1. The van der Waals surface area contributed by atoms with E-state index in [1.165, 1.54) is 0 Å². The smallest absolute Gasteiger partial charge is 0.443 e. The summed E-state index contributed by atoms with van der Waals surface area (Å²) in [5, 5.41) is 0.925. The lowest BCUT2D eigenvalue weighted by Crippen LogP contribution is -2.37. The maximum absolute atomic E-state index is 11.5. The lowest BCUT2D eigenvalue weighted by Gasteiger charge is -2.25. The molecule has 0 aromatic heterocycles. The summed E-state index contributed by atoms with van der Waals surface area (Å²) in [6.07, 6.45) is -0.648. The van der Waals surface area contributed by atoms with Crippen LogP contribution >= 0.6 is 0 Å². The van der Waals surface area contributed by atoms with Gasteiger partial charge in [-0.2, -0.15) is 0 Å². The van der Waals surface area contributed by atoms with Crippen molar-refractivity contribution in [2.45, 2.75) is 13.5 Å². The maximum Gasteiger partial charge on any atom is 0.443 e. The molecule has 0 N–H and O–H groups in total. The van der Waals surface area contributed by atoms with Gasteiger partial charge in [-0.3, -0.25) is 0 Å². The molecule has 0 saturated heterocycles. The van der Waals surface area contributed by atoms with Gasteiger partial charge in [-0.15, -0.1) is 5.06 Å². The standard InChI is InChI=1S/C11H11NO4/c1-2-15-11(14)12-7-8-5-3-4-6-9(8)10(13)16-12/h3-6H,2,7H2,1H3. The lowest BCUT2D eigenvalue weighted by molar-refractivity contribution is -0.105. The first-order valence-electron chi connectivity index (χ1n) is 4.97. The summed E-state index contributed by atoms with van der Waals surface area (Å²) >= 11 is 0. The third kappa shape index (κ3) is 1.84. The van der Waals surface area contributed by atoms with Gasteiger partial charge in [-0.25, -0.2) is 9.59 Å². The first-order valence-corrected chi connectivity index (χ1v) is 4.97. The average Bonchev–Trinajstić information content (AvgIpc) is 2.29. The van der Waals surface area contributed by atoms with Gasteiger partial charge >= 0.3 is 12.1 Å². The SMILES string of the molecule is CCOC(=O)N1Cc2ccccc2C(=O)O1. The highest BCUT2D eigenvalue weighted by Gasteiger charge is 2.28. The Bertz CT molecular complexity index is 430. The van der Waals surface area contributed by atoms with Crippen LogP contribution in [-0.4, -0.2) is 23.7 Å². The quantitative estimate of drug-likeness (QED) is 0.724. The number of hydrogen-bond donors (Lipinski definition) is 0. The molecule has 1 amide bonds. The number of hydrogen-bond acceptors (Lipinski definition) is 4. The largest absolute Gasteiger partial charge is 0.448 e. The van der Waals surface area contributed by atoms with Crippen LogP contribution in [0.2, 0.25) is 0 Å². The minimum atomic E-state index is -0.648. The summed E-state index contributed by atoms with van der Waals surface area (Å²) in [6.45, 7) is 2.16. The van der Waals surface area contributed by atoms with E-state index in [4.69, 9.17) is 9.57 Å². The van der Waals surface area contributed by atoms with E-state index in [1.54, 1.807) is 31.2 Å². The predicted molar refractivity (Wildman–Crippen MR) is 54.4 cm³/mol. The molecule has 1 heterocycles. The zero-order valence-corrected chi connectivity index (χ0v) is 8.80. The summed E-state index contributed by atoms with van der Waals surface area (Å²) < 4.78 is 4.75. The van der Waals surface area contributed by atoms with Gasteiger partial charge in [0.25, 0.3) is 0 Å². The number of benzene rings is 1. The predicted octanol–water partition coefficient (Wildman–Crippen LogP) is 1.73. The van der Waals surface area contributed by atoms with Crippen LogP contribution in [0.1, 0.15) is 22.8 Å². The summed E-state index contributed by atoms with van der Waals surface area (Å²) in [7, 11) is 0. The molecule has 5 nitrogen and oxygen atoms in total. The van der Waals surface area contributed by atoms with Crippen LogP contribution in [0, 0.1) is 0 Å². The Morgan fingerprint density at radius 3 is 3.00 bits per heavy atom. The molecule has 1 aliphatic rings. The van der Waals surface area contributed by atoms with E-state index in [-0.39, 0.29) is 13.2 Å². The van der Waals surface area contributed by atoms with Crippen LogP contribution in [-0.2, 0) is 16.1 Å². The first-order chi connectivity index (χ1) is 7.72.